The van der Waals surface area contributed by atoms with Gasteiger partial charge in [-0.3, -0.25) is 24.3 Å². The van der Waals surface area contributed by atoms with E-state index in [-0.39, 0.29) is 30.1 Å². The molecular formula is C23H20F3N7O2. The summed E-state index contributed by atoms with van der Waals surface area (Å²) in [6.07, 6.45) is -1.36. The predicted octanol–water partition coefficient (Wildman–Crippen LogP) is 3.30. The fraction of sp³-hybridized carbons (Fsp3) is 0.261. The largest absolute Gasteiger partial charge is 0.417 e. The number of amides is 2. The number of hydrogen-bond acceptors (Lipinski definition) is 6. The van der Waals surface area contributed by atoms with Crippen LogP contribution in [-0.2, 0) is 24.6 Å². The number of benzene rings is 1. The van der Waals surface area contributed by atoms with E-state index in [2.05, 4.69) is 15.1 Å². The molecule has 0 atom stereocenters. The number of aromatic nitrogens is 4. The van der Waals surface area contributed by atoms with Crippen LogP contribution in [-0.4, -0.2) is 48.1 Å². The molecule has 5 rings (SSSR count). The number of aryl methyl sites for hydroxylation is 1. The zero-order valence-corrected chi connectivity index (χ0v) is 18.6. The highest BCUT2D eigenvalue weighted by molar-refractivity contribution is 6.10. The fourth-order valence-corrected chi connectivity index (χ4v) is 4.23. The van der Waals surface area contributed by atoms with Gasteiger partial charge in [-0.1, -0.05) is 0 Å². The summed E-state index contributed by atoms with van der Waals surface area (Å²) in [6, 6.07) is 7.00. The van der Waals surface area contributed by atoms with Crippen molar-refractivity contribution in [2.24, 2.45) is 7.05 Å². The molecule has 1 aliphatic rings. The number of nitrogens with two attached hydrogens (primary N) is 1. The maximum absolute atomic E-state index is 13.6. The summed E-state index contributed by atoms with van der Waals surface area (Å²) in [5.74, 6) is -0.414. The SMILES string of the molecule is Cn1ncc2c(N)nc3ccc(C(=O)N(Cc4ccc(C(F)(F)F)cn4)N4CCCC4=O)cc3c21. The van der Waals surface area contributed by atoms with Crippen molar-refractivity contribution in [1.82, 2.24) is 29.8 Å². The molecule has 1 aromatic carbocycles. The number of halogens is 3. The Kier molecular flexibility index (Phi) is 5.30. The highest BCUT2D eigenvalue weighted by Gasteiger charge is 2.33. The minimum Gasteiger partial charge on any atom is -0.383 e. The zero-order chi connectivity index (χ0) is 24.9. The summed E-state index contributed by atoms with van der Waals surface area (Å²) >= 11 is 0. The normalized spacial score (nSPS) is 14.3. The molecule has 2 amide bonds. The molecule has 2 N–H and O–H groups in total. The summed E-state index contributed by atoms with van der Waals surface area (Å²) in [7, 11) is 1.75. The number of anilines is 1. The number of carbonyl (C=O) groups is 2. The van der Waals surface area contributed by atoms with Crippen molar-refractivity contribution >= 4 is 39.4 Å². The zero-order valence-electron chi connectivity index (χ0n) is 18.6. The number of fused-ring (bicyclic) bond motifs is 3. The summed E-state index contributed by atoms with van der Waals surface area (Å²) < 4.78 is 40.4. The lowest BCUT2D eigenvalue weighted by molar-refractivity contribution is -0.140. The second-order valence-corrected chi connectivity index (χ2v) is 8.28. The molecule has 180 valence electrons. The molecule has 0 radical (unpaired) electrons. The van der Waals surface area contributed by atoms with Crippen LogP contribution in [0.25, 0.3) is 21.8 Å². The molecular weight excluding hydrogens is 463 g/mol. The standard InChI is InChI=1S/C23H20F3N7O2/c1-31-20-16-9-13(4-7-18(16)30-21(27)17(20)11-29-31)22(35)33(32-8-2-3-19(32)34)12-15-6-5-14(10-28-15)23(24,25)26/h4-7,9-11H,2-3,8,12H2,1H3,(H2,27,30). The van der Waals surface area contributed by atoms with Crippen LogP contribution in [0.5, 0.6) is 0 Å². The molecule has 0 saturated carbocycles. The number of carbonyl (C=O) groups excluding carboxylic acids is 2. The Morgan fingerprint density at radius 2 is 1.97 bits per heavy atom. The Morgan fingerprint density at radius 3 is 2.63 bits per heavy atom. The van der Waals surface area contributed by atoms with E-state index in [1.165, 1.54) is 16.1 Å². The molecule has 1 fully saturated rings. The van der Waals surface area contributed by atoms with Gasteiger partial charge in [0.2, 0.25) is 5.91 Å². The monoisotopic (exact) mass is 483 g/mol. The summed E-state index contributed by atoms with van der Waals surface area (Å²) in [4.78, 5) is 34.4. The van der Waals surface area contributed by atoms with Gasteiger partial charge in [0, 0.05) is 37.2 Å². The van der Waals surface area contributed by atoms with Gasteiger partial charge in [0.25, 0.3) is 5.91 Å². The number of alkyl halides is 3. The second-order valence-electron chi connectivity index (χ2n) is 8.28. The van der Waals surface area contributed by atoms with Crippen LogP contribution in [0.1, 0.15) is 34.5 Å². The van der Waals surface area contributed by atoms with Crippen molar-refractivity contribution in [3.8, 4) is 0 Å². The average molecular weight is 483 g/mol. The fourth-order valence-electron chi connectivity index (χ4n) is 4.23. The molecule has 3 aromatic heterocycles. The first-order valence-corrected chi connectivity index (χ1v) is 10.8. The third-order valence-corrected chi connectivity index (χ3v) is 5.99. The third-order valence-electron chi connectivity index (χ3n) is 5.99. The van der Waals surface area contributed by atoms with E-state index in [0.717, 1.165) is 12.3 Å². The summed E-state index contributed by atoms with van der Waals surface area (Å²) in [6.45, 7) is 0.157. The minimum atomic E-state index is -4.52. The molecule has 4 aromatic rings. The van der Waals surface area contributed by atoms with Gasteiger partial charge in [0.15, 0.2) is 0 Å². The number of nitrogens with zero attached hydrogens (tertiary/aromatic N) is 6. The first kappa shape index (κ1) is 22.6. The van der Waals surface area contributed by atoms with Crippen LogP contribution in [0.2, 0.25) is 0 Å². The van der Waals surface area contributed by atoms with Crippen LogP contribution in [0.4, 0.5) is 19.0 Å². The number of rotatable bonds is 4. The molecule has 0 aliphatic carbocycles. The lowest BCUT2D eigenvalue weighted by atomic mass is 10.1. The van der Waals surface area contributed by atoms with E-state index in [0.29, 0.717) is 40.6 Å². The smallest absolute Gasteiger partial charge is 0.383 e. The van der Waals surface area contributed by atoms with Crippen LogP contribution in [0.3, 0.4) is 0 Å². The lowest BCUT2D eigenvalue weighted by Crippen LogP contribution is -2.46. The van der Waals surface area contributed by atoms with Gasteiger partial charge in [0.05, 0.1) is 40.4 Å². The van der Waals surface area contributed by atoms with E-state index in [1.54, 1.807) is 36.1 Å². The van der Waals surface area contributed by atoms with Crippen molar-refractivity contribution in [3.63, 3.8) is 0 Å². The van der Waals surface area contributed by atoms with Gasteiger partial charge in [-0.25, -0.2) is 9.99 Å². The minimum absolute atomic E-state index is 0.165. The number of hydrogen-bond donors (Lipinski definition) is 1. The van der Waals surface area contributed by atoms with Crippen LogP contribution >= 0.6 is 0 Å². The number of hydrazine groups is 1. The Balaban J connectivity index is 1.54. The van der Waals surface area contributed by atoms with E-state index < -0.39 is 17.6 Å². The van der Waals surface area contributed by atoms with Crippen molar-refractivity contribution < 1.29 is 22.8 Å². The highest BCUT2D eigenvalue weighted by Crippen LogP contribution is 2.30. The van der Waals surface area contributed by atoms with Crippen LogP contribution in [0, 0.1) is 0 Å². The van der Waals surface area contributed by atoms with Crippen molar-refractivity contribution in [2.45, 2.75) is 25.6 Å². The summed E-state index contributed by atoms with van der Waals surface area (Å²) in [5.41, 5.74) is 6.92. The second kappa shape index (κ2) is 8.22. The van der Waals surface area contributed by atoms with Crippen molar-refractivity contribution in [1.29, 1.82) is 0 Å². The van der Waals surface area contributed by atoms with Gasteiger partial charge in [-0.2, -0.15) is 18.3 Å². The van der Waals surface area contributed by atoms with E-state index in [1.807, 2.05) is 0 Å². The van der Waals surface area contributed by atoms with Gasteiger partial charge in [0.1, 0.15) is 5.82 Å². The van der Waals surface area contributed by atoms with Gasteiger partial charge < -0.3 is 5.73 Å². The molecule has 0 spiro atoms. The Bertz CT molecular complexity index is 1460. The van der Waals surface area contributed by atoms with Crippen LogP contribution in [0.15, 0.2) is 42.7 Å². The molecule has 0 bridgehead atoms. The summed E-state index contributed by atoms with van der Waals surface area (Å²) in [5, 5.41) is 8.09. The number of nitrogen functional groups attached to an aromatic ring is 1. The van der Waals surface area contributed by atoms with Crippen molar-refractivity contribution in [2.75, 3.05) is 12.3 Å². The first-order valence-electron chi connectivity index (χ1n) is 10.8. The van der Waals surface area contributed by atoms with E-state index in [9.17, 15) is 22.8 Å². The molecule has 12 heteroatoms. The Labute approximate surface area is 196 Å². The third kappa shape index (κ3) is 4.00. The Hall–Kier alpha value is -4.22. The average Bonchev–Trinajstić information content (AvgIpc) is 3.43. The van der Waals surface area contributed by atoms with Gasteiger partial charge >= 0.3 is 6.18 Å². The predicted molar refractivity (Wildman–Crippen MR) is 120 cm³/mol. The van der Waals surface area contributed by atoms with Gasteiger partial charge in [-0.15, -0.1) is 0 Å². The van der Waals surface area contributed by atoms with Crippen LogP contribution < -0.4 is 5.73 Å². The maximum Gasteiger partial charge on any atom is 0.417 e. The lowest BCUT2D eigenvalue weighted by Gasteiger charge is -2.31. The maximum atomic E-state index is 13.6. The highest BCUT2D eigenvalue weighted by atomic mass is 19.4. The topological polar surface area (TPSA) is 110 Å². The quantitative estimate of drug-likeness (QED) is 0.477. The van der Waals surface area contributed by atoms with Crippen molar-refractivity contribution in [3.05, 3.63) is 59.5 Å². The molecule has 1 saturated heterocycles. The van der Waals surface area contributed by atoms with E-state index >= 15 is 0 Å². The molecule has 35 heavy (non-hydrogen) atoms. The Morgan fingerprint density at radius 1 is 1.17 bits per heavy atom. The molecule has 0 unspecified atom stereocenters. The van der Waals surface area contributed by atoms with Gasteiger partial charge in [-0.05, 0) is 36.8 Å². The molecule has 4 heterocycles. The first-order chi connectivity index (χ1) is 16.6. The molecule has 1 aliphatic heterocycles. The number of pyridine rings is 2. The molecule has 9 nitrogen and oxygen atoms in total. The van der Waals surface area contributed by atoms with E-state index in [4.69, 9.17) is 5.73 Å².